The van der Waals surface area contributed by atoms with Crippen LogP contribution in [0.25, 0.3) is 17.0 Å². The van der Waals surface area contributed by atoms with Gasteiger partial charge in [0, 0.05) is 49.5 Å². The molecule has 7 heteroatoms. The maximum Gasteiger partial charge on any atom is 0.235 e. The van der Waals surface area contributed by atoms with Crippen molar-refractivity contribution in [1.29, 1.82) is 0 Å². The number of fused-ring (bicyclic) bond motifs is 2. The molecule has 1 N–H and O–H groups in total. The zero-order valence-electron chi connectivity index (χ0n) is 16.3. The summed E-state index contributed by atoms with van der Waals surface area (Å²) in [6.07, 6.45) is 3.70. The molecular formula is C22H21N5O2. The molecule has 0 atom stereocenters. The molecule has 1 aliphatic heterocycles. The number of anilines is 3. The van der Waals surface area contributed by atoms with Gasteiger partial charge in [-0.15, -0.1) is 0 Å². The fourth-order valence-electron chi connectivity index (χ4n) is 3.38. The first-order chi connectivity index (χ1) is 14.2. The summed E-state index contributed by atoms with van der Waals surface area (Å²) in [7, 11) is 4.05. The first kappa shape index (κ1) is 17.4. The van der Waals surface area contributed by atoms with Crippen molar-refractivity contribution in [3.63, 3.8) is 0 Å². The van der Waals surface area contributed by atoms with Crippen LogP contribution in [-0.2, 0) is 0 Å². The van der Waals surface area contributed by atoms with Crippen LogP contribution in [0.4, 0.5) is 17.2 Å². The van der Waals surface area contributed by atoms with Crippen LogP contribution in [0.5, 0.6) is 11.5 Å². The molecule has 0 radical (unpaired) electrons. The van der Waals surface area contributed by atoms with Crippen molar-refractivity contribution >= 4 is 23.0 Å². The van der Waals surface area contributed by atoms with Gasteiger partial charge in [-0.1, -0.05) is 12.1 Å². The summed E-state index contributed by atoms with van der Waals surface area (Å²) >= 11 is 0. The van der Waals surface area contributed by atoms with Crippen LogP contribution in [0.2, 0.25) is 0 Å². The van der Waals surface area contributed by atoms with Crippen LogP contribution in [0.1, 0.15) is 0 Å². The highest BCUT2D eigenvalue weighted by molar-refractivity contribution is 5.80. The molecular weight excluding hydrogens is 366 g/mol. The predicted molar refractivity (Wildman–Crippen MR) is 113 cm³/mol. The molecule has 2 aromatic heterocycles. The van der Waals surface area contributed by atoms with E-state index in [-0.39, 0.29) is 0 Å². The SMILES string of the molecule is CN(C)c1ccc(-c2nc3ncccn3c2Nc2ccc3c(c2)OCCO3)cc1. The number of nitrogens with one attached hydrogen (secondary N) is 1. The molecule has 4 aromatic rings. The smallest absolute Gasteiger partial charge is 0.235 e. The Hall–Kier alpha value is -3.74. The van der Waals surface area contributed by atoms with Gasteiger partial charge in [-0.3, -0.25) is 4.40 Å². The van der Waals surface area contributed by atoms with Gasteiger partial charge in [0.15, 0.2) is 11.5 Å². The van der Waals surface area contributed by atoms with Crippen LogP contribution in [0.3, 0.4) is 0 Å². The lowest BCUT2D eigenvalue weighted by Crippen LogP contribution is -2.15. The minimum absolute atomic E-state index is 0.555. The van der Waals surface area contributed by atoms with E-state index in [2.05, 4.69) is 39.5 Å². The van der Waals surface area contributed by atoms with Crippen molar-refractivity contribution in [2.45, 2.75) is 0 Å². The lowest BCUT2D eigenvalue weighted by atomic mass is 10.1. The third-order valence-electron chi connectivity index (χ3n) is 4.87. The highest BCUT2D eigenvalue weighted by Gasteiger charge is 2.17. The molecule has 5 rings (SSSR count). The number of hydrogen-bond donors (Lipinski definition) is 1. The predicted octanol–water partition coefficient (Wildman–Crippen LogP) is 3.98. The molecule has 29 heavy (non-hydrogen) atoms. The number of imidazole rings is 1. The van der Waals surface area contributed by atoms with Gasteiger partial charge in [0.05, 0.1) is 0 Å². The Morgan fingerprint density at radius 2 is 1.79 bits per heavy atom. The third kappa shape index (κ3) is 3.20. The number of hydrogen-bond acceptors (Lipinski definition) is 6. The second-order valence-corrected chi connectivity index (χ2v) is 7.02. The molecule has 3 heterocycles. The van der Waals surface area contributed by atoms with Gasteiger partial charge < -0.3 is 19.7 Å². The van der Waals surface area contributed by atoms with Gasteiger partial charge in [-0.05, 0) is 30.3 Å². The molecule has 2 aromatic carbocycles. The summed E-state index contributed by atoms with van der Waals surface area (Å²) in [5.74, 6) is 2.99. The van der Waals surface area contributed by atoms with Gasteiger partial charge >= 0.3 is 0 Å². The normalized spacial score (nSPS) is 12.8. The average Bonchev–Trinajstić information content (AvgIpc) is 3.12. The second kappa shape index (κ2) is 7.01. The maximum atomic E-state index is 5.72. The molecule has 0 fully saturated rings. The Bertz CT molecular complexity index is 1170. The summed E-state index contributed by atoms with van der Waals surface area (Å²) < 4.78 is 13.3. The Morgan fingerprint density at radius 3 is 2.59 bits per heavy atom. The minimum atomic E-state index is 0.555. The zero-order valence-corrected chi connectivity index (χ0v) is 16.3. The summed E-state index contributed by atoms with van der Waals surface area (Å²) in [6, 6.07) is 16.1. The van der Waals surface area contributed by atoms with E-state index in [1.54, 1.807) is 6.20 Å². The lowest BCUT2D eigenvalue weighted by molar-refractivity contribution is 0.171. The van der Waals surface area contributed by atoms with E-state index in [1.807, 2.05) is 49.0 Å². The van der Waals surface area contributed by atoms with E-state index in [4.69, 9.17) is 14.5 Å². The van der Waals surface area contributed by atoms with E-state index < -0.39 is 0 Å². The van der Waals surface area contributed by atoms with Crippen molar-refractivity contribution in [2.75, 3.05) is 37.5 Å². The first-order valence-electron chi connectivity index (χ1n) is 9.46. The van der Waals surface area contributed by atoms with E-state index in [1.165, 1.54) is 0 Å². The molecule has 0 saturated heterocycles. The van der Waals surface area contributed by atoms with E-state index in [0.29, 0.717) is 19.0 Å². The monoisotopic (exact) mass is 387 g/mol. The quantitative estimate of drug-likeness (QED) is 0.572. The molecule has 0 bridgehead atoms. The van der Waals surface area contributed by atoms with Crippen molar-refractivity contribution in [2.24, 2.45) is 0 Å². The summed E-state index contributed by atoms with van der Waals surface area (Å²) in [6.45, 7) is 1.13. The van der Waals surface area contributed by atoms with Crippen LogP contribution in [0, 0.1) is 0 Å². The molecule has 7 nitrogen and oxygen atoms in total. The van der Waals surface area contributed by atoms with Crippen molar-refractivity contribution in [3.05, 3.63) is 60.9 Å². The number of ether oxygens (including phenoxy) is 2. The topological polar surface area (TPSA) is 63.9 Å². The van der Waals surface area contributed by atoms with Crippen molar-refractivity contribution in [3.8, 4) is 22.8 Å². The standard InChI is InChI=1S/C22H21N5O2/c1-26(2)17-7-4-15(5-8-17)20-21(27-11-3-10-23-22(27)25-20)24-16-6-9-18-19(14-16)29-13-12-28-18/h3-11,14,24H,12-13H2,1-2H3. The number of aromatic nitrogens is 3. The maximum absolute atomic E-state index is 5.72. The average molecular weight is 387 g/mol. The summed E-state index contributed by atoms with van der Waals surface area (Å²) in [4.78, 5) is 11.2. The second-order valence-electron chi connectivity index (χ2n) is 7.02. The van der Waals surface area contributed by atoms with Gasteiger partial charge in [0.1, 0.15) is 24.7 Å². The Morgan fingerprint density at radius 1 is 1.00 bits per heavy atom. The minimum Gasteiger partial charge on any atom is -0.486 e. The fraction of sp³-hybridized carbons (Fsp3) is 0.182. The summed E-state index contributed by atoms with van der Waals surface area (Å²) in [5.41, 5.74) is 3.88. The molecule has 0 aliphatic carbocycles. The Labute approximate surface area is 168 Å². The first-order valence-corrected chi connectivity index (χ1v) is 9.46. The van der Waals surface area contributed by atoms with E-state index >= 15 is 0 Å². The molecule has 0 unspecified atom stereocenters. The fourth-order valence-corrected chi connectivity index (χ4v) is 3.38. The van der Waals surface area contributed by atoms with Gasteiger partial charge in [-0.2, -0.15) is 0 Å². The Balaban J connectivity index is 1.58. The highest BCUT2D eigenvalue weighted by atomic mass is 16.6. The number of rotatable bonds is 4. The molecule has 0 saturated carbocycles. The molecule has 0 amide bonds. The molecule has 0 spiro atoms. The van der Waals surface area contributed by atoms with Crippen molar-refractivity contribution < 1.29 is 9.47 Å². The third-order valence-corrected chi connectivity index (χ3v) is 4.87. The highest BCUT2D eigenvalue weighted by Crippen LogP contribution is 2.36. The van der Waals surface area contributed by atoms with Gasteiger partial charge in [0.25, 0.3) is 0 Å². The van der Waals surface area contributed by atoms with Gasteiger partial charge in [-0.25, -0.2) is 9.97 Å². The van der Waals surface area contributed by atoms with Crippen LogP contribution < -0.4 is 19.7 Å². The lowest BCUT2D eigenvalue weighted by Gasteiger charge is -2.19. The van der Waals surface area contributed by atoms with Crippen LogP contribution >= 0.6 is 0 Å². The largest absolute Gasteiger partial charge is 0.486 e. The zero-order chi connectivity index (χ0) is 19.8. The summed E-state index contributed by atoms with van der Waals surface area (Å²) in [5, 5.41) is 3.50. The molecule has 1 aliphatic rings. The van der Waals surface area contributed by atoms with E-state index in [9.17, 15) is 0 Å². The number of nitrogens with zero attached hydrogens (tertiary/aromatic N) is 4. The van der Waals surface area contributed by atoms with Gasteiger partial charge in [0.2, 0.25) is 5.78 Å². The van der Waals surface area contributed by atoms with Crippen molar-refractivity contribution in [1.82, 2.24) is 14.4 Å². The van der Waals surface area contributed by atoms with Crippen LogP contribution in [0.15, 0.2) is 60.9 Å². The number of benzene rings is 2. The Kier molecular flexibility index (Phi) is 4.20. The van der Waals surface area contributed by atoms with E-state index in [0.717, 1.165) is 39.9 Å². The molecule has 146 valence electrons. The van der Waals surface area contributed by atoms with Crippen LogP contribution in [-0.4, -0.2) is 41.7 Å².